The minimum Gasteiger partial charge on any atom is -0.497 e. The van der Waals surface area contributed by atoms with E-state index in [0.717, 1.165) is 12.1 Å². The molecule has 4 unspecified atom stereocenters. The highest BCUT2D eigenvalue weighted by atomic mass is 28.4. The summed E-state index contributed by atoms with van der Waals surface area (Å²) in [6.07, 6.45) is 2.79. The molecule has 0 amide bonds. The number of esters is 3. The summed E-state index contributed by atoms with van der Waals surface area (Å²) in [5.41, 5.74) is 1.66. The third-order valence-electron chi connectivity index (χ3n) is 22.5. The lowest BCUT2D eigenvalue weighted by atomic mass is 9.98. The number of rotatable bonds is 44. The van der Waals surface area contributed by atoms with Gasteiger partial charge in [-0.15, -0.1) is 0 Å². The number of methoxy groups -OCH3 is 6. The smallest absolute Gasteiger partial charge is 0.342 e. The van der Waals surface area contributed by atoms with Gasteiger partial charge in [-0.1, -0.05) is 269 Å². The van der Waals surface area contributed by atoms with Crippen molar-refractivity contribution in [1.82, 2.24) is 0 Å². The van der Waals surface area contributed by atoms with Crippen LogP contribution in [0, 0.1) is 23.7 Å². The first-order valence-electron chi connectivity index (χ1n) is 44.5. The first-order valence-corrected chi connectivity index (χ1v) is 55.7. The molecule has 1 N–H and O–H groups in total. The van der Waals surface area contributed by atoms with Gasteiger partial charge in [-0.25, -0.2) is 14.4 Å². The number of ether oxygens (including phenoxy) is 17. The van der Waals surface area contributed by atoms with E-state index in [4.69, 9.17) is 89.4 Å². The Hall–Kier alpha value is -8.72. The quantitative estimate of drug-likeness (QED) is 0.00931. The van der Waals surface area contributed by atoms with Crippen LogP contribution in [0.3, 0.4) is 0 Å². The molecule has 2 heterocycles. The van der Waals surface area contributed by atoms with Gasteiger partial charge in [0.15, 0.2) is 25.2 Å². The van der Waals surface area contributed by atoms with Gasteiger partial charge in [-0.2, -0.15) is 0 Å². The van der Waals surface area contributed by atoms with E-state index in [-0.39, 0.29) is 97.1 Å². The predicted molar refractivity (Wildman–Crippen MR) is 520 cm³/mol. The van der Waals surface area contributed by atoms with Crippen LogP contribution in [0.1, 0.15) is 139 Å². The Balaban J connectivity index is 0.000000323. The highest BCUT2D eigenvalue weighted by Crippen LogP contribution is 2.43. The summed E-state index contributed by atoms with van der Waals surface area (Å²) in [6, 6.07) is 59.1. The summed E-state index contributed by atoms with van der Waals surface area (Å²) in [6.45, 7) is 42.3. The zero-order valence-corrected chi connectivity index (χ0v) is 85.2. The molecule has 2 aliphatic heterocycles. The standard InChI is InChI=1S/C55H74O12Si2.C48H68O11Si2/c1-39(40(2)67-69(54(3,4)5,44-25-19-15-20-26-44)45-27-21-16-22-28-45)29-31-47(64-52(56)41-23-17-14-18-24-41)51-50(65-55(6,7)66-51)46(62-37-58-8)32-30-42-35-43(60-10)36-48(63-38-59-9)49(42)53(57)61-33-34-68(11,12)13;1-34(35(2)59-61(47(3,4)5,38-20-16-14-17-21-38)39-22-18-15-19-23-39)24-26-40(49)44-45(58-48(6,7)57-44)41(55-32-51-8)27-25-36-30-37(53-10)31-42(56-33-52-9)43(36)46(50)54-28-29-60(11,12)13/h14-32,35-36,39-40,46-47,50-51H,33-34,37-38H2,1-13H3;14-23,25,27,30-31,34-35,40-41,44-45,49H,28-29,32-33H2,1-13H3/b31-29-,32-30+;27-25+/t39-,40+,46?,47?,50+,51-;34-,35+,40?,41?,44-,45+/m11/s1. The fraction of sp³-hybridized carbons (Fsp3) is 0.485. The molecule has 0 bridgehead atoms. The highest BCUT2D eigenvalue weighted by Gasteiger charge is 2.55. The van der Waals surface area contributed by atoms with Crippen molar-refractivity contribution in [3.8, 4) is 34.8 Å². The molecule has 7 aromatic carbocycles. The predicted octanol–water partition coefficient (Wildman–Crippen LogP) is 17.7. The van der Waals surface area contributed by atoms with Crippen molar-refractivity contribution in [3.63, 3.8) is 0 Å². The van der Waals surface area contributed by atoms with Gasteiger partial charge in [-0.05, 0) is 139 Å². The molecule has 0 radical (unpaired) electrons. The van der Waals surface area contributed by atoms with Crippen LogP contribution in [0.15, 0.2) is 200 Å². The van der Waals surface area contributed by atoms with Gasteiger partial charge < -0.3 is 94.5 Å². The van der Waals surface area contributed by atoms with Crippen LogP contribution in [0.4, 0.5) is 0 Å². The van der Waals surface area contributed by atoms with Crippen LogP contribution >= 0.6 is 0 Å². The van der Waals surface area contributed by atoms with Crippen molar-refractivity contribution in [2.24, 2.45) is 11.8 Å². The average Bonchev–Trinajstić information content (AvgIpc) is 1.32. The lowest BCUT2D eigenvalue weighted by Crippen LogP contribution is -2.67. The molecule has 0 spiro atoms. The number of hydrogen-bond donors (Lipinski definition) is 1. The third kappa shape index (κ3) is 29.6. The molecule has 27 heteroatoms. The van der Waals surface area contributed by atoms with Gasteiger partial charge in [0.1, 0.15) is 96.5 Å². The van der Waals surface area contributed by atoms with Crippen molar-refractivity contribution in [3.05, 3.63) is 228 Å². The van der Waals surface area contributed by atoms with E-state index in [2.05, 4.69) is 204 Å². The van der Waals surface area contributed by atoms with E-state index in [9.17, 15) is 19.5 Å². The molecule has 0 aromatic heterocycles. The van der Waals surface area contributed by atoms with Crippen LogP contribution in [0.25, 0.3) is 12.2 Å². The molecule has 12 atom stereocenters. The Labute approximate surface area is 776 Å². The molecule has 23 nitrogen and oxygen atoms in total. The van der Waals surface area contributed by atoms with Gasteiger partial charge in [0.05, 0.1) is 39.1 Å². The number of carbonyl (C=O) groups is 3. The Morgan fingerprint density at radius 3 is 1.14 bits per heavy atom. The molecule has 130 heavy (non-hydrogen) atoms. The summed E-state index contributed by atoms with van der Waals surface area (Å²) in [7, 11) is 0.317. The lowest BCUT2D eigenvalue weighted by molar-refractivity contribution is -0.165. The van der Waals surface area contributed by atoms with Gasteiger partial charge in [0, 0.05) is 68.7 Å². The first kappa shape index (κ1) is 107. The van der Waals surface area contributed by atoms with Crippen LogP contribution in [-0.4, -0.2) is 211 Å². The SMILES string of the molecule is COCOc1cc(OC)cc(/C=C/C(OCOC)[C@@H]2OC(C)(C)O[C@@H]2C(/C=C\[C@@H](C)[C@H](C)O[Si](c2ccccc2)(c2ccccc2)C(C)(C)C)OC(=O)c2ccccc2)c1C(=O)OCC[Si](C)(C)C.COCOc1cc(OC)cc(/C=C/C(OCOC)[C@@H]2OC(C)(C)O[C@@H]2C(O)C#C[C@@H](C)[C@H](C)O[Si](c2ccccc2)(c2ccccc2)C(C)(C)C)c1C(=O)OCC[Si](C)(C)C. The van der Waals surface area contributed by atoms with Crippen molar-refractivity contribution in [2.75, 3.05) is 83.0 Å². The lowest BCUT2D eigenvalue weighted by Gasteiger charge is -2.45. The molecule has 0 aliphatic carbocycles. The van der Waals surface area contributed by atoms with Crippen LogP contribution in [0.2, 0.25) is 61.4 Å². The Morgan fingerprint density at radius 2 is 0.785 bits per heavy atom. The summed E-state index contributed by atoms with van der Waals surface area (Å²) < 4.78 is 116. The first-order chi connectivity index (χ1) is 61.5. The Morgan fingerprint density at radius 1 is 0.438 bits per heavy atom. The Bertz CT molecular complexity index is 4740. The molecular formula is C103H142O23Si4. The van der Waals surface area contributed by atoms with Crippen LogP contribution in [-0.2, 0) is 70.4 Å². The summed E-state index contributed by atoms with van der Waals surface area (Å²) in [5, 5.41) is 16.0. The number of benzene rings is 7. The second kappa shape index (κ2) is 48.8. The van der Waals surface area contributed by atoms with E-state index in [1.54, 1.807) is 101 Å². The van der Waals surface area contributed by atoms with E-state index in [0.29, 0.717) is 28.2 Å². The van der Waals surface area contributed by atoms with E-state index in [1.165, 1.54) is 63.4 Å². The molecule has 9 rings (SSSR count). The monoisotopic (exact) mass is 1860 g/mol. The number of carbonyl (C=O) groups excluding carboxylic acids is 3. The maximum Gasteiger partial charge on any atom is 0.342 e. The zero-order valence-electron chi connectivity index (χ0n) is 81.2. The third-order valence-corrected chi connectivity index (χ3v) is 36.2. The Kier molecular flexibility index (Phi) is 40.0. The number of aliphatic hydroxyl groups excluding tert-OH is 1. The molecule has 2 fully saturated rings. The fourth-order valence-electron chi connectivity index (χ4n) is 15.5. The summed E-state index contributed by atoms with van der Waals surface area (Å²) >= 11 is 0. The topological polar surface area (TPSA) is 247 Å². The zero-order chi connectivity index (χ0) is 95.4. The minimum atomic E-state index is -2.91. The molecule has 708 valence electrons. The second-order valence-electron chi connectivity index (χ2n) is 38.1. The maximum atomic E-state index is 14.0. The average molecular weight is 1860 g/mol. The normalized spacial score (nSPS) is 18.5. The van der Waals surface area contributed by atoms with E-state index < -0.39 is 111 Å². The molecule has 2 aliphatic rings. The van der Waals surface area contributed by atoms with Gasteiger partial charge in [0.25, 0.3) is 16.6 Å². The largest absolute Gasteiger partial charge is 0.497 e. The van der Waals surface area contributed by atoms with Crippen molar-refractivity contribution < 1.29 is 109 Å². The second-order valence-corrected chi connectivity index (χ2v) is 57.8. The summed E-state index contributed by atoms with van der Waals surface area (Å²) in [4.78, 5) is 41.7. The van der Waals surface area contributed by atoms with Crippen molar-refractivity contribution in [2.45, 2.75) is 231 Å². The molecule has 2 saturated heterocycles. The maximum absolute atomic E-state index is 14.0. The number of aliphatic hydroxyl groups is 1. The van der Waals surface area contributed by atoms with Gasteiger partial charge in [0.2, 0.25) is 0 Å². The molecular weight excluding hydrogens is 1720 g/mol. The minimum absolute atomic E-state index is 0.0934. The van der Waals surface area contributed by atoms with E-state index >= 15 is 0 Å². The summed E-state index contributed by atoms with van der Waals surface area (Å²) in [5.74, 6) is 3.42. The van der Waals surface area contributed by atoms with Gasteiger partial charge >= 0.3 is 17.9 Å². The fourth-order valence-corrected chi connectivity index (χ4v) is 26.5. The molecule has 7 aromatic rings. The van der Waals surface area contributed by atoms with Gasteiger partial charge in [-0.3, -0.25) is 0 Å². The van der Waals surface area contributed by atoms with Crippen molar-refractivity contribution >= 4 is 83.6 Å². The van der Waals surface area contributed by atoms with Crippen molar-refractivity contribution in [1.29, 1.82) is 0 Å². The van der Waals surface area contributed by atoms with Crippen LogP contribution in [0.5, 0.6) is 23.0 Å². The highest BCUT2D eigenvalue weighted by molar-refractivity contribution is 7.00. The number of hydrogen-bond acceptors (Lipinski definition) is 23. The van der Waals surface area contributed by atoms with E-state index in [1.807, 2.05) is 56.3 Å². The molecule has 0 saturated carbocycles. The van der Waals surface area contributed by atoms with Crippen LogP contribution < -0.4 is 39.7 Å².